The van der Waals surface area contributed by atoms with Crippen LogP contribution in [0.3, 0.4) is 0 Å². The Bertz CT molecular complexity index is 4800. The van der Waals surface area contributed by atoms with Gasteiger partial charge in [0, 0.05) is 27.1 Å². The number of hydrogen-bond donors (Lipinski definition) is 0. The summed E-state index contributed by atoms with van der Waals surface area (Å²) < 4.78 is 267. The van der Waals surface area contributed by atoms with Gasteiger partial charge in [0.2, 0.25) is 0 Å². The molecule has 0 atom stereocenters. The van der Waals surface area contributed by atoms with Crippen molar-refractivity contribution in [2.75, 3.05) is 0 Å². The van der Waals surface area contributed by atoms with Crippen molar-refractivity contribution in [2.45, 2.75) is 57.8 Å². The van der Waals surface area contributed by atoms with Gasteiger partial charge in [-0.1, -0.05) is 71.8 Å². The Hall–Kier alpha value is -9.97. The smallest absolute Gasteiger partial charge is 0.309 e. The fourth-order valence-electron chi connectivity index (χ4n) is 12.0. The highest BCUT2D eigenvalue weighted by Gasteiger charge is 2.40. The average Bonchev–Trinajstić information content (AvgIpc) is 1.80. The predicted molar refractivity (Wildman–Crippen MR) is 311 cm³/mol. The summed E-state index contributed by atoms with van der Waals surface area (Å²) in [5.41, 5.74) is -7.77. The number of aromatic nitrogens is 2. The molecule has 2 heterocycles. The summed E-state index contributed by atoms with van der Waals surface area (Å²) in [7, 11) is 0. The molecular formula is C70H39F18N3. The number of fused-ring (bicyclic) bond motifs is 6. The maximum Gasteiger partial charge on any atom is 0.416 e. The molecule has 12 aromatic rings. The third-order valence-electron chi connectivity index (χ3n) is 15.9. The van der Waals surface area contributed by atoms with E-state index in [9.17, 15) is 71.1 Å². The van der Waals surface area contributed by atoms with E-state index in [1.54, 1.807) is 24.3 Å². The van der Waals surface area contributed by atoms with Gasteiger partial charge in [0.25, 0.3) is 0 Å². The third kappa shape index (κ3) is 11.5. The number of alkyl halides is 18. The fourth-order valence-corrected chi connectivity index (χ4v) is 12.0. The van der Waals surface area contributed by atoms with Crippen LogP contribution < -0.4 is 0 Å². The lowest BCUT2D eigenvalue weighted by Gasteiger charge is -2.23. The van der Waals surface area contributed by atoms with E-state index >= 15 is 13.2 Å². The highest BCUT2D eigenvalue weighted by Crippen LogP contribution is 2.49. The van der Waals surface area contributed by atoms with E-state index in [1.165, 1.54) is 70.7 Å². The van der Waals surface area contributed by atoms with Crippen LogP contribution in [0, 0.1) is 32.1 Å². The number of nitrogens with zero attached hydrogens (tertiary/aromatic N) is 3. The first-order valence-electron chi connectivity index (χ1n) is 27.3. The standard InChI is InChI=1S/C70H39F18N3/c1-35-15-36(2)17-44(16-35)39-7-11-58-54(26-39)55-27-40(45-18-37(3)19-48(21-45)65(71,72)73)8-12-59(55)90(58)62-32-53(70(86,87)88)33-63(64(62)43-6-4-5-38(20-43)34-89)91-60-13-9-41(46-22-49(66(74,75)76)30-50(23-46)67(77,78)79)28-56(60)57-29-42(10-14-61(57)91)47-24-51(68(80,81)82)31-52(25-47)69(83,84)85/h4-33H,1-3H3. The molecule has 0 saturated heterocycles. The quantitative estimate of drug-likeness (QED) is 0.146. The van der Waals surface area contributed by atoms with Gasteiger partial charge >= 0.3 is 37.1 Å². The predicted octanol–water partition coefficient (Wildman–Crippen LogP) is 23.1. The molecule has 0 aliphatic carbocycles. The van der Waals surface area contributed by atoms with Gasteiger partial charge in [0.15, 0.2) is 0 Å². The van der Waals surface area contributed by atoms with Crippen LogP contribution in [0.25, 0.3) is 111 Å². The second-order valence-electron chi connectivity index (χ2n) is 22.2. The largest absolute Gasteiger partial charge is 0.416 e. The van der Waals surface area contributed by atoms with Crippen molar-refractivity contribution < 1.29 is 79.0 Å². The molecule has 0 bridgehead atoms. The summed E-state index contributed by atoms with van der Waals surface area (Å²) in [6.45, 7) is 5.23. The molecule has 0 saturated carbocycles. The fraction of sp³-hybridized carbons (Fsp3) is 0.129. The zero-order chi connectivity index (χ0) is 65.4. The van der Waals surface area contributed by atoms with Gasteiger partial charge in [-0.05, 0) is 198 Å². The molecule has 0 aliphatic rings. The molecule has 0 N–H and O–H groups in total. The summed E-state index contributed by atoms with van der Waals surface area (Å²) in [6.07, 6.45) is -31.3. The lowest BCUT2D eigenvalue weighted by Crippen LogP contribution is -2.11. The first-order chi connectivity index (χ1) is 42.5. The van der Waals surface area contributed by atoms with Crippen LogP contribution in [0.1, 0.15) is 55.6 Å². The van der Waals surface area contributed by atoms with Crippen molar-refractivity contribution >= 4 is 43.6 Å². The first-order valence-corrected chi connectivity index (χ1v) is 27.3. The van der Waals surface area contributed by atoms with Crippen molar-refractivity contribution in [1.29, 1.82) is 5.26 Å². The van der Waals surface area contributed by atoms with Gasteiger partial charge in [-0.15, -0.1) is 0 Å². The molecule has 0 amide bonds. The summed E-state index contributed by atoms with van der Waals surface area (Å²) in [4.78, 5) is 0. The van der Waals surface area contributed by atoms with Crippen LogP contribution >= 0.6 is 0 Å². The monoisotopic (exact) mass is 1260 g/mol. The van der Waals surface area contributed by atoms with Crippen LogP contribution in [-0.2, 0) is 37.1 Å². The van der Waals surface area contributed by atoms with E-state index in [-0.39, 0.29) is 101 Å². The van der Waals surface area contributed by atoms with Gasteiger partial charge in [0.1, 0.15) is 0 Å². The highest BCUT2D eigenvalue weighted by atomic mass is 19.4. The Kier molecular flexibility index (Phi) is 14.4. The number of aryl methyl sites for hydroxylation is 3. The Morgan fingerprint density at radius 2 is 0.560 bits per heavy atom. The zero-order valence-electron chi connectivity index (χ0n) is 47.0. The zero-order valence-corrected chi connectivity index (χ0v) is 47.0. The number of rotatable bonds is 7. The summed E-state index contributed by atoms with van der Waals surface area (Å²) >= 11 is 0. The maximum atomic E-state index is 16.1. The average molecular weight is 1260 g/mol. The molecule has 12 rings (SSSR count). The Morgan fingerprint density at radius 3 is 0.879 bits per heavy atom. The second kappa shape index (κ2) is 21.3. The van der Waals surface area contributed by atoms with Crippen molar-refractivity contribution in [3.63, 3.8) is 0 Å². The normalized spacial score (nSPS) is 12.9. The molecule has 0 radical (unpaired) electrons. The van der Waals surface area contributed by atoms with Crippen LogP contribution in [0.2, 0.25) is 0 Å². The van der Waals surface area contributed by atoms with E-state index in [1.807, 2.05) is 38.1 Å². The van der Waals surface area contributed by atoms with E-state index in [0.29, 0.717) is 40.6 Å². The van der Waals surface area contributed by atoms with Crippen molar-refractivity contribution in [3.05, 3.63) is 238 Å². The van der Waals surface area contributed by atoms with Gasteiger partial charge in [-0.25, -0.2) is 0 Å². The number of nitriles is 1. The van der Waals surface area contributed by atoms with Crippen LogP contribution in [0.15, 0.2) is 182 Å². The van der Waals surface area contributed by atoms with Gasteiger partial charge in [0.05, 0.1) is 78.5 Å². The van der Waals surface area contributed by atoms with Crippen LogP contribution in [0.4, 0.5) is 79.0 Å². The van der Waals surface area contributed by atoms with E-state index in [2.05, 4.69) is 0 Å². The van der Waals surface area contributed by atoms with E-state index in [4.69, 9.17) is 0 Å². The van der Waals surface area contributed by atoms with Crippen molar-refractivity contribution in [3.8, 4) is 73.1 Å². The van der Waals surface area contributed by atoms with Gasteiger partial charge in [-0.2, -0.15) is 84.3 Å². The number of hydrogen-bond acceptors (Lipinski definition) is 1. The Labute approximate surface area is 503 Å². The van der Waals surface area contributed by atoms with E-state index in [0.717, 1.165) is 65.2 Å². The van der Waals surface area contributed by atoms with Crippen molar-refractivity contribution in [2.24, 2.45) is 0 Å². The summed E-state index contributed by atoms with van der Waals surface area (Å²) in [6, 6.07) is 36.4. The molecule has 460 valence electrons. The second-order valence-corrected chi connectivity index (χ2v) is 22.2. The molecule has 2 aromatic heterocycles. The Balaban J connectivity index is 1.23. The lowest BCUT2D eigenvalue weighted by molar-refractivity contribution is -0.144. The van der Waals surface area contributed by atoms with Gasteiger partial charge in [-0.3, -0.25) is 0 Å². The summed E-state index contributed by atoms with van der Waals surface area (Å²) in [5, 5.41) is 10.7. The van der Waals surface area contributed by atoms with Crippen LogP contribution in [0.5, 0.6) is 0 Å². The molecular weight excluding hydrogens is 1220 g/mol. The first kappa shape index (κ1) is 61.3. The number of benzene rings is 10. The minimum atomic E-state index is -5.34. The van der Waals surface area contributed by atoms with Gasteiger partial charge < -0.3 is 9.13 Å². The highest BCUT2D eigenvalue weighted by molar-refractivity contribution is 6.14. The molecule has 21 heteroatoms. The molecule has 0 unspecified atom stereocenters. The Morgan fingerprint density at radius 1 is 0.275 bits per heavy atom. The third-order valence-corrected chi connectivity index (χ3v) is 15.9. The lowest BCUT2D eigenvalue weighted by atomic mass is 9.96. The SMILES string of the molecule is Cc1cc(C)cc(-c2ccc3c(c2)c2cc(-c4cc(C)cc(C(F)(F)F)c4)ccc2n3-c2cc(C(F)(F)F)cc(-n3c4ccc(-c5cc(C(F)(F)F)cc(C(F)(F)F)c5)cc4c4cc(-c5cc(C(F)(F)F)cc(C(F)(F)F)c5)ccc43)c2-c2cccc(C#N)c2)c1. The molecule has 10 aromatic carbocycles. The molecule has 91 heavy (non-hydrogen) atoms. The molecule has 0 fully saturated rings. The molecule has 0 spiro atoms. The minimum Gasteiger partial charge on any atom is -0.309 e. The minimum absolute atomic E-state index is 0.00855. The molecule has 3 nitrogen and oxygen atoms in total. The van der Waals surface area contributed by atoms with Crippen molar-refractivity contribution in [1.82, 2.24) is 9.13 Å². The topological polar surface area (TPSA) is 33.6 Å². The van der Waals surface area contributed by atoms with E-state index < -0.39 is 81.6 Å². The molecule has 0 aliphatic heterocycles. The van der Waals surface area contributed by atoms with Crippen LogP contribution in [-0.4, -0.2) is 9.13 Å². The maximum absolute atomic E-state index is 16.1. The number of halogens is 18. The summed E-state index contributed by atoms with van der Waals surface area (Å²) in [5.74, 6) is 0.